The Kier molecular flexibility index (Phi) is 5.80. The first-order valence-electron chi connectivity index (χ1n) is 9.63. The van der Waals surface area contributed by atoms with Gasteiger partial charge in [-0.25, -0.2) is 9.50 Å². The first-order chi connectivity index (χ1) is 14.5. The van der Waals surface area contributed by atoms with Crippen molar-refractivity contribution in [3.8, 4) is 0 Å². The van der Waals surface area contributed by atoms with Crippen molar-refractivity contribution in [3.63, 3.8) is 0 Å². The van der Waals surface area contributed by atoms with Gasteiger partial charge in [0.25, 0.3) is 5.78 Å². The van der Waals surface area contributed by atoms with Crippen LogP contribution in [0.2, 0.25) is 0 Å². The molecule has 0 aliphatic heterocycles. The van der Waals surface area contributed by atoms with E-state index in [-0.39, 0.29) is 12.3 Å². The average molecular weight is 422 g/mol. The lowest BCUT2D eigenvalue weighted by Crippen LogP contribution is -2.26. The third-order valence-electron chi connectivity index (χ3n) is 5.04. The molecule has 8 nitrogen and oxygen atoms in total. The molecule has 3 aromatic heterocycles. The molecule has 0 bridgehead atoms. The molecule has 0 fully saturated rings. The number of rotatable bonds is 7. The molecule has 0 aliphatic rings. The van der Waals surface area contributed by atoms with E-state index in [9.17, 15) is 4.79 Å². The zero-order valence-corrected chi connectivity index (χ0v) is 18.0. The highest BCUT2D eigenvalue weighted by atomic mass is 32.2. The zero-order valence-electron chi connectivity index (χ0n) is 17.2. The van der Waals surface area contributed by atoms with Crippen LogP contribution < -0.4 is 5.32 Å². The maximum atomic E-state index is 12.7. The lowest BCUT2D eigenvalue weighted by Gasteiger charge is -2.13. The van der Waals surface area contributed by atoms with Gasteiger partial charge >= 0.3 is 0 Å². The van der Waals surface area contributed by atoms with Gasteiger partial charge < -0.3 is 5.32 Å². The van der Waals surface area contributed by atoms with Crippen molar-refractivity contribution in [3.05, 3.63) is 70.8 Å². The van der Waals surface area contributed by atoms with Crippen LogP contribution in [-0.4, -0.2) is 41.5 Å². The van der Waals surface area contributed by atoms with Gasteiger partial charge in [0.1, 0.15) is 0 Å². The molecule has 1 N–H and O–H groups in total. The highest BCUT2D eigenvalue weighted by molar-refractivity contribution is 7.98. The molecule has 0 saturated heterocycles. The molecular formula is C21H23N7OS. The molecule has 0 spiro atoms. The second kappa shape index (κ2) is 8.66. The van der Waals surface area contributed by atoms with E-state index in [0.717, 1.165) is 28.1 Å². The molecule has 1 amide bonds. The summed E-state index contributed by atoms with van der Waals surface area (Å²) in [6.07, 6.45) is 5.86. The maximum absolute atomic E-state index is 12.7. The second-order valence-electron chi connectivity index (χ2n) is 7.00. The van der Waals surface area contributed by atoms with E-state index in [1.54, 1.807) is 10.7 Å². The number of amides is 1. The van der Waals surface area contributed by atoms with Gasteiger partial charge in [-0.1, -0.05) is 36.0 Å². The molecule has 154 valence electrons. The van der Waals surface area contributed by atoms with Gasteiger partial charge in [0.2, 0.25) is 11.1 Å². The number of hydrogen-bond acceptors (Lipinski definition) is 6. The normalized spacial score (nSPS) is 11.2. The molecule has 1 aromatic carbocycles. The number of nitrogens with one attached hydrogen (secondary N) is 1. The molecule has 0 atom stereocenters. The Labute approximate surface area is 178 Å². The van der Waals surface area contributed by atoms with Gasteiger partial charge in [-0.15, -0.1) is 5.10 Å². The summed E-state index contributed by atoms with van der Waals surface area (Å²) in [7, 11) is 0. The fraction of sp³-hybridized carbons (Fsp3) is 0.286. The van der Waals surface area contributed by atoms with Gasteiger partial charge in [0, 0.05) is 35.9 Å². The van der Waals surface area contributed by atoms with Crippen LogP contribution in [0, 0.1) is 13.8 Å². The maximum Gasteiger partial charge on any atom is 0.253 e. The minimum Gasteiger partial charge on any atom is -0.352 e. The minimum atomic E-state index is -0.0542. The van der Waals surface area contributed by atoms with E-state index in [2.05, 4.69) is 31.5 Å². The Morgan fingerprint density at radius 2 is 1.93 bits per heavy atom. The smallest absolute Gasteiger partial charge is 0.253 e. The quantitative estimate of drug-likeness (QED) is 0.461. The third kappa shape index (κ3) is 4.20. The molecule has 3 heterocycles. The molecule has 9 heteroatoms. The van der Waals surface area contributed by atoms with E-state index >= 15 is 0 Å². The first kappa shape index (κ1) is 20.1. The van der Waals surface area contributed by atoms with Gasteiger partial charge in [-0.3, -0.25) is 9.48 Å². The fourth-order valence-corrected chi connectivity index (χ4v) is 3.74. The van der Waals surface area contributed by atoms with Crippen molar-refractivity contribution in [2.75, 3.05) is 6.26 Å². The van der Waals surface area contributed by atoms with E-state index in [4.69, 9.17) is 0 Å². The number of carbonyl (C=O) groups is 1. The Hall–Kier alpha value is -3.20. The third-order valence-corrected chi connectivity index (χ3v) is 5.57. The van der Waals surface area contributed by atoms with Gasteiger partial charge in [0.15, 0.2) is 0 Å². The lowest BCUT2D eigenvalue weighted by atomic mass is 10.1. The molecule has 0 aliphatic carbocycles. The van der Waals surface area contributed by atoms with E-state index in [1.165, 1.54) is 11.8 Å². The van der Waals surface area contributed by atoms with Gasteiger partial charge in [-0.2, -0.15) is 10.1 Å². The van der Waals surface area contributed by atoms with E-state index in [0.29, 0.717) is 24.0 Å². The van der Waals surface area contributed by atoms with Crippen LogP contribution in [0.25, 0.3) is 5.78 Å². The summed E-state index contributed by atoms with van der Waals surface area (Å²) in [6, 6.07) is 9.97. The summed E-state index contributed by atoms with van der Waals surface area (Å²) in [5.41, 5.74) is 4.77. The molecule has 0 saturated carbocycles. The Morgan fingerprint density at radius 1 is 1.13 bits per heavy atom. The standard InChI is InChI=1S/C21H23N7OS/c1-14-18(15(2)28-20(24-14)25-21(26-28)30-3)11-19(29)22-12-16-7-4-5-8-17(16)13-27-10-6-9-23-27/h4-10H,11-13H2,1-3H3,(H,22,29). The summed E-state index contributed by atoms with van der Waals surface area (Å²) in [5, 5.41) is 12.4. The predicted octanol–water partition coefficient (Wildman–Crippen LogP) is 2.57. The SMILES string of the molecule is CSc1nc2nc(C)c(CC(=O)NCc3ccccc3Cn3cccn3)c(C)n2n1. The van der Waals surface area contributed by atoms with Crippen LogP contribution in [0.5, 0.6) is 0 Å². The molecular weight excluding hydrogens is 398 g/mol. The molecule has 30 heavy (non-hydrogen) atoms. The summed E-state index contributed by atoms with van der Waals surface area (Å²) < 4.78 is 3.58. The van der Waals surface area contributed by atoms with Crippen molar-refractivity contribution in [1.82, 2.24) is 34.7 Å². The van der Waals surface area contributed by atoms with Crippen LogP contribution in [-0.2, 0) is 24.3 Å². The first-order valence-corrected chi connectivity index (χ1v) is 10.9. The number of fused-ring (bicyclic) bond motifs is 1. The number of benzene rings is 1. The van der Waals surface area contributed by atoms with E-state index < -0.39 is 0 Å². The summed E-state index contributed by atoms with van der Waals surface area (Å²) in [4.78, 5) is 21.6. The summed E-state index contributed by atoms with van der Waals surface area (Å²) in [6.45, 7) is 4.98. The molecule has 4 rings (SSSR count). The molecule has 0 radical (unpaired) electrons. The largest absolute Gasteiger partial charge is 0.352 e. The van der Waals surface area contributed by atoms with Crippen molar-refractivity contribution in [2.24, 2.45) is 0 Å². The number of thioether (sulfide) groups is 1. The number of nitrogens with zero attached hydrogens (tertiary/aromatic N) is 6. The minimum absolute atomic E-state index is 0.0542. The van der Waals surface area contributed by atoms with E-state index in [1.807, 2.05) is 55.2 Å². The molecule has 0 unspecified atom stereocenters. The van der Waals surface area contributed by atoms with Gasteiger partial charge in [-0.05, 0) is 37.3 Å². The van der Waals surface area contributed by atoms with Crippen molar-refractivity contribution < 1.29 is 4.79 Å². The Morgan fingerprint density at radius 3 is 2.67 bits per heavy atom. The Balaban J connectivity index is 1.47. The van der Waals surface area contributed by atoms with Crippen molar-refractivity contribution in [1.29, 1.82) is 0 Å². The molecule has 4 aromatic rings. The number of aromatic nitrogens is 6. The zero-order chi connectivity index (χ0) is 21.1. The van der Waals surface area contributed by atoms with Crippen LogP contribution in [0.15, 0.2) is 47.9 Å². The topological polar surface area (TPSA) is 90.0 Å². The van der Waals surface area contributed by atoms with Crippen LogP contribution in [0.4, 0.5) is 0 Å². The fourth-order valence-electron chi connectivity index (χ4n) is 3.40. The van der Waals surface area contributed by atoms with Gasteiger partial charge in [0.05, 0.1) is 13.0 Å². The van der Waals surface area contributed by atoms with Crippen LogP contribution in [0.1, 0.15) is 28.1 Å². The lowest BCUT2D eigenvalue weighted by molar-refractivity contribution is -0.120. The van der Waals surface area contributed by atoms with Crippen LogP contribution >= 0.6 is 11.8 Å². The highest BCUT2D eigenvalue weighted by Gasteiger charge is 2.16. The Bertz CT molecular complexity index is 1180. The monoisotopic (exact) mass is 421 g/mol. The van der Waals surface area contributed by atoms with Crippen molar-refractivity contribution in [2.45, 2.75) is 38.5 Å². The number of carbonyl (C=O) groups excluding carboxylic acids is 1. The predicted molar refractivity (Wildman–Crippen MR) is 115 cm³/mol. The van der Waals surface area contributed by atoms with Crippen LogP contribution in [0.3, 0.4) is 0 Å². The second-order valence-corrected chi connectivity index (χ2v) is 7.77. The van der Waals surface area contributed by atoms with Crippen molar-refractivity contribution >= 4 is 23.4 Å². The summed E-state index contributed by atoms with van der Waals surface area (Å²) >= 11 is 1.47. The number of hydrogen-bond donors (Lipinski definition) is 1. The summed E-state index contributed by atoms with van der Waals surface area (Å²) in [5.74, 6) is 0.507. The highest BCUT2D eigenvalue weighted by Crippen LogP contribution is 2.17. The average Bonchev–Trinajstić information content (AvgIpc) is 3.40. The number of aryl methyl sites for hydroxylation is 2.